The van der Waals surface area contributed by atoms with E-state index in [1.165, 1.54) is 30.5 Å². The standard InChI is InChI=1S/C27H22FN3O4S/c1-17(2)27-22(12-13-26(32)33)23-15-24-18(14-25(23)30(27)20-10-8-19(28)9-11-20)16-29-31(24)36(34,35)21-6-4-3-5-7-21/h3-11,14-16H,1,12-13H2,2H3,(H,32,33). The summed E-state index contributed by atoms with van der Waals surface area (Å²) in [7, 11) is -3.96. The van der Waals surface area contributed by atoms with Gasteiger partial charge in [-0.2, -0.15) is 17.6 Å². The van der Waals surface area contributed by atoms with Gasteiger partial charge in [0.2, 0.25) is 0 Å². The normalized spacial score (nSPS) is 11.8. The summed E-state index contributed by atoms with van der Waals surface area (Å²) in [5, 5.41) is 14.8. The number of halogens is 1. The molecule has 182 valence electrons. The molecule has 0 aliphatic rings. The van der Waals surface area contributed by atoms with Crippen molar-refractivity contribution in [1.29, 1.82) is 0 Å². The van der Waals surface area contributed by atoms with Crippen LogP contribution in [0.2, 0.25) is 0 Å². The van der Waals surface area contributed by atoms with Crippen LogP contribution in [0.1, 0.15) is 24.6 Å². The van der Waals surface area contributed by atoms with Gasteiger partial charge >= 0.3 is 5.97 Å². The minimum atomic E-state index is -3.96. The van der Waals surface area contributed by atoms with Crippen molar-refractivity contribution < 1.29 is 22.7 Å². The molecule has 0 bridgehead atoms. The van der Waals surface area contributed by atoms with Crippen LogP contribution in [-0.4, -0.2) is 33.2 Å². The van der Waals surface area contributed by atoms with Gasteiger partial charge in [0, 0.05) is 22.9 Å². The summed E-state index contributed by atoms with van der Waals surface area (Å²) in [6.07, 6.45) is 1.56. The molecule has 0 fully saturated rings. The lowest BCUT2D eigenvalue weighted by Gasteiger charge is -2.12. The van der Waals surface area contributed by atoms with Crippen molar-refractivity contribution in [2.24, 2.45) is 0 Å². The Balaban J connectivity index is 1.84. The van der Waals surface area contributed by atoms with Crippen molar-refractivity contribution in [3.05, 3.63) is 96.6 Å². The summed E-state index contributed by atoms with van der Waals surface area (Å²) in [6, 6.07) is 17.5. The van der Waals surface area contributed by atoms with E-state index in [9.17, 15) is 22.7 Å². The van der Waals surface area contributed by atoms with E-state index >= 15 is 0 Å². The van der Waals surface area contributed by atoms with E-state index in [1.54, 1.807) is 36.4 Å². The largest absolute Gasteiger partial charge is 0.481 e. The number of rotatable bonds is 7. The molecule has 1 N–H and O–H groups in total. The van der Waals surface area contributed by atoms with Gasteiger partial charge in [-0.25, -0.2) is 4.39 Å². The number of fused-ring (bicyclic) bond motifs is 2. The molecule has 0 aliphatic carbocycles. The number of hydrogen-bond acceptors (Lipinski definition) is 4. The number of carboxylic acid groups (broad SMARTS) is 1. The van der Waals surface area contributed by atoms with E-state index in [0.29, 0.717) is 38.8 Å². The highest BCUT2D eigenvalue weighted by Crippen LogP contribution is 2.37. The van der Waals surface area contributed by atoms with Crippen LogP contribution in [0, 0.1) is 5.82 Å². The molecular weight excluding hydrogens is 481 g/mol. The second-order valence-corrected chi connectivity index (χ2v) is 10.3. The van der Waals surface area contributed by atoms with Crippen LogP contribution >= 0.6 is 0 Å². The lowest BCUT2D eigenvalue weighted by molar-refractivity contribution is -0.136. The van der Waals surface area contributed by atoms with Crippen molar-refractivity contribution in [2.45, 2.75) is 24.7 Å². The SMILES string of the molecule is C=C(C)c1c(CCC(=O)O)c2cc3c(cnn3S(=O)(=O)c3ccccc3)cc2n1-c1ccc(F)cc1. The van der Waals surface area contributed by atoms with Gasteiger partial charge in [0.05, 0.1) is 27.8 Å². The summed E-state index contributed by atoms with van der Waals surface area (Å²) < 4.78 is 43.3. The number of nitrogens with zero attached hydrogens (tertiary/aromatic N) is 3. The number of carbonyl (C=O) groups is 1. The molecule has 5 aromatic rings. The Morgan fingerprint density at radius 2 is 1.75 bits per heavy atom. The maximum Gasteiger partial charge on any atom is 0.303 e. The highest BCUT2D eigenvalue weighted by molar-refractivity contribution is 7.90. The molecule has 3 aromatic carbocycles. The minimum Gasteiger partial charge on any atom is -0.481 e. The van der Waals surface area contributed by atoms with E-state index in [0.717, 1.165) is 9.65 Å². The number of allylic oxidation sites excluding steroid dienone is 1. The van der Waals surface area contributed by atoms with Crippen LogP contribution in [0.3, 0.4) is 0 Å². The van der Waals surface area contributed by atoms with E-state index in [2.05, 4.69) is 11.7 Å². The highest BCUT2D eigenvalue weighted by Gasteiger charge is 2.24. The van der Waals surface area contributed by atoms with E-state index in [4.69, 9.17) is 0 Å². The summed E-state index contributed by atoms with van der Waals surface area (Å²) in [4.78, 5) is 11.6. The Morgan fingerprint density at radius 1 is 1.06 bits per heavy atom. The maximum absolute atomic E-state index is 13.7. The van der Waals surface area contributed by atoms with Crippen molar-refractivity contribution in [2.75, 3.05) is 0 Å². The first kappa shape index (κ1) is 23.5. The number of aromatic nitrogens is 3. The quantitative estimate of drug-likeness (QED) is 0.321. The molecule has 0 amide bonds. The van der Waals surface area contributed by atoms with Crippen LogP contribution in [0.5, 0.6) is 0 Å². The molecule has 2 heterocycles. The third-order valence-electron chi connectivity index (χ3n) is 6.07. The van der Waals surface area contributed by atoms with Gasteiger partial charge in [-0.1, -0.05) is 24.8 Å². The smallest absolute Gasteiger partial charge is 0.303 e. The predicted molar refractivity (Wildman–Crippen MR) is 136 cm³/mol. The second-order valence-electron chi connectivity index (χ2n) is 8.55. The average Bonchev–Trinajstić information content (AvgIpc) is 3.41. The summed E-state index contributed by atoms with van der Waals surface area (Å²) >= 11 is 0. The Labute approximate surface area is 206 Å². The van der Waals surface area contributed by atoms with Gasteiger partial charge < -0.3 is 9.67 Å². The predicted octanol–water partition coefficient (Wildman–Crippen LogP) is 5.41. The molecule has 0 saturated heterocycles. The monoisotopic (exact) mass is 503 g/mol. The molecule has 0 aliphatic heterocycles. The summed E-state index contributed by atoms with van der Waals surface area (Å²) in [5.74, 6) is -1.34. The second kappa shape index (κ2) is 8.76. The van der Waals surface area contributed by atoms with Crippen molar-refractivity contribution in [3.8, 4) is 5.69 Å². The first-order valence-corrected chi connectivity index (χ1v) is 12.6. The fourth-order valence-electron chi connectivity index (χ4n) is 4.52. The van der Waals surface area contributed by atoms with Crippen LogP contribution < -0.4 is 0 Å². The first-order valence-electron chi connectivity index (χ1n) is 11.2. The van der Waals surface area contributed by atoms with Gasteiger partial charge in [-0.05, 0) is 73.0 Å². The topological polar surface area (TPSA) is 94.2 Å². The Kier molecular flexibility index (Phi) is 5.72. The number of aliphatic carboxylic acids is 1. The molecular formula is C27H22FN3O4S. The van der Waals surface area contributed by atoms with Gasteiger partial charge in [-0.3, -0.25) is 4.79 Å². The van der Waals surface area contributed by atoms with Crippen molar-refractivity contribution >= 4 is 43.4 Å². The van der Waals surface area contributed by atoms with Crippen LogP contribution in [0.25, 0.3) is 33.1 Å². The molecule has 5 rings (SSSR count). The van der Waals surface area contributed by atoms with Gasteiger partial charge in [0.1, 0.15) is 5.82 Å². The molecule has 0 atom stereocenters. The van der Waals surface area contributed by atoms with Crippen molar-refractivity contribution in [3.63, 3.8) is 0 Å². The first-order chi connectivity index (χ1) is 17.2. The summed E-state index contributed by atoms with van der Waals surface area (Å²) in [6.45, 7) is 5.93. The molecule has 0 spiro atoms. The van der Waals surface area contributed by atoms with E-state index < -0.39 is 16.0 Å². The Morgan fingerprint density at radius 3 is 2.39 bits per heavy atom. The number of benzene rings is 3. The summed E-state index contributed by atoms with van der Waals surface area (Å²) in [5.41, 5.74) is 3.87. The lowest BCUT2D eigenvalue weighted by Crippen LogP contribution is -2.14. The van der Waals surface area contributed by atoms with Crippen LogP contribution in [-0.2, 0) is 21.2 Å². The fraction of sp³-hybridized carbons (Fsp3) is 0.111. The number of aryl methyl sites for hydroxylation is 1. The molecule has 0 radical (unpaired) electrons. The number of carboxylic acids is 1. The number of hydrogen-bond donors (Lipinski definition) is 1. The minimum absolute atomic E-state index is 0.104. The van der Waals surface area contributed by atoms with Crippen LogP contribution in [0.4, 0.5) is 4.39 Å². The van der Waals surface area contributed by atoms with Gasteiger partial charge in [0.15, 0.2) is 0 Å². The maximum atomic E-state index is 13.7. The van der Waals surface area contributed by atoms with Gasteiger partial charge in [-0.15, -0.1) is 0 Å². The molecule has 7 nitrogen and oxygen atoms in total. The third kappa shape index (κ3) is 3.87. The molecule has 2 aromatic heterocycles. The molecule has 0 saturated carbocycles. The lowest BCUT2D eigenvalue weighted by atomic mass is 10.0. The average molecular weight is 504 g/mol. The van der Waals surface area contributed by atoms with Gasteiger partial charge in [0.25, 0.3) is 10.0 Å². The molecule has 9 heteroatoms. The molecule has 36 heavy (non-hydrogen) atoms. The highest BCUT2D eigenvalue weighted by atomic mass is 32.2. The van der Waals surface area contributed by atoms with Crippen molar-refractivity contribution in [1.82, 2.24) is 13.8 Å². The Hall–Kier alpha value is -4.24. The van der Waals surface area contributed by atoms with E-state index in [1.807, 2.05) is 17.6 Å². The van der Waals surface area contributed by atoms with Crippen LogP contribution in [0.15, 0.2) is 84.4 Å². The van der Waals surface area contributed by atoms with E-state index in [-0.39, 0.29) is 23.6 Å². The zero-order valence-electron chi connectivity index (χ0n) is 19.3. The zero-order valence-corrected chi connectivity index (χ0v) is 20.2. The third-order valence-corrected chi connectivity index (χ3v) is 7.69. The molecule has 0 unspecified atom stereocenters. The fourth-order valence-corrected chi connectivity index (χ4v) is 5.81. The zero-order chi connectivity index (χ0) is 25.6. The Bertz CT molecular complexity index is 1750.